The molecule has 1 aliphatic rings. The van der Waals surface area contributed by atoms with Gasteiger partial charge in [0.05, 0.1) is 12.6 Å². The highest BCUT2D eigenvalue weighted by Gasteiger charge is 2.50. The topological polar surface area (TPSA) is 38.8 Å². The van der Waals surface area contributed by atoms with Gasteiger partial charge in [-0.1, -0.05) is 112 Å². The number of carbonyl (C=O) groups excluding carboxylic acids is 1. The molecule has 5 heteroatoms. The molecule has 4 nitrogen and oxygen atoms in total. The lowest BCUT2D eigenvalue weighted by Crippen LogP contribution is -2.66. The van der Waals surface area contributed by atoms with Crippen LogP contribution in [0.15, 0.2) is 103 Å². The average Bonchev–Trinajstić information content (AvgIpc) is 3.20. The smallest absolute Gasteiger partial charge is 0.261 e. The molecule has 3 aromatic rings. The first-order chi connectivity index (χ1) is 17.7. The minimum atomic E-state index is -2.55. The van der Waals surface area contributed by atoms with E-state index >= 15 is 0 Å². The van der Waals surface area contributed by atoms with Gasteiger partial charge in [-0.15, -0.1) is 0 Å². The number of amides is 1. The highest BCUT2D eigenvalue weighted by Crippen LogP contribution is 2.37. The van der Waals surface area contributed by atoms with Gasteiger partial charge in [0.15, 0.2) is 0 Å². The number of nitrogens with zero attached hydrogens (tertiary/aromatic N) is 1. The molecule has 0 radical (unpaired) electrons. The van der Waals surface area contributed by atoms with Crippen molar-refractivity contribution in [3.05, 3.63) is 109 Å². The molecule has 4 rings (SSSR count). The lowest BCUT2D eigenvalue weighted by molar-refractivity contribution is -0.0392. The van der Waals surface area contributed by atoms with E-state index in [4.69, 9.17) is 9.16 Å². The van der Waals surface area contributed by atoms with E-state index in [0.717, 1.165) is 6.42 Å². The molecular formula is C32H39NO3Si. The molecule has 0 bridgehead atoms. The van der Waals surface area contributed by atoms with Crippen LogP contribution in [-0.4, -0.2) is 44.1 Å². The normalized spacial score (nSPS) is 17.9. The van der Waals surface area contributed by atoms with E-state index in [1.807, 2.05) is 49.1 Å². The molecule has 1 saturated heterocycles. The predicted octanol–water partition coefficient (Wildman–Crippen LogP) is 5.79. The number of ether oxygens (including phenoxy) is 1. The van der Waals surface area contributed by atoms with Crippen molar-refractivity contribution in [1.82, 2.24) is 4.90 Å². The van der Waals surface area contributed by atoms with E-state index in [1.54, 1.807) is 0 Å². The van der Waals surface area contributed by atoms with Gasteiger partial charge < -0.3 is 14.1 Å². The van der Waals surface area contributed by atoms with Crippen LogP contribution >= 0.6 is 0 Å². The summed E-state index contributed by atoms with van der Waals surface area (Å²) in [6.45, 7) is 11.9. The van der Waals surface area contributed by atoms with Crippen LogP contribution in [0.2, 0.25) is 5.04 Å². The number of hydrogen-bond donors (Lipinski definition) is 0. The first kappa shape index (κ1) is 27.1. The molecule has 0 spiro atoms. The van der Waals surface area contributed by atoms with Crippen LogP contribution in [-0.2, 0) is 9.16 Å². The number of carbonyl (C=O) groups is 1. The van der Waals surface area contributed by atoms with E-state index in [-0.39, 0.29) is 17.0 Å². The van der Waals surface area contributed by atoms with Crippen molar-refractivity contribution >= 4 is 24.6 Å². The number of benzene rings is 3. The van der Waals surface area contributed by atoms with Crippen molar-refractivity contribution in [2.24, 2.45) is 0 Å². The Morgan fingerprint density at radius 1 is 0.946 bits per heavy atom. The molecule has 194 valence electrons. The van der Waals surface area contributed by atoms with Crippen LogP contribution in [0.4, 0.5) is 0 Å². The summed E-state index contributed by atoms with van der Waals surface area (Å²) in [6.07, 6.45) is 5.00. The molecule has 1 fully saturated rings. The minimum absolute atomic E-state index is 0.0127. The van der Waals surface area contributed by atoms with Gasteiger partial charge in [-0.3, -0.25) is 4.79 Å². The Bertz CT molecular complexity index is 1150. The zero-order valence-corrected chi connectivity index (χ0v) is 23.7. The Morgan fingerprint density at radius 3 is 1.97 bits per heavy atom. The minimum Gasteiger partial charge on any atom is -0.407 e. The Balaban J connectivity index is 1.52. The molecule has 1 aliphatic heterocycles. The van der Waals surface area contributed by atoms with Crippen LogP contribution in [0.5, 0.6) is 0 Å². The molecule has 0 saturated carbocycles. The van der Waals surface area contributed by atoms with Crippen LogP contribution < -0.4 is 10.4 Å². The second kappa shape index (κ2) is 11.2. The van der Waals surface area contributed by atoms with E-state index in [2.05, 4.69) is 93.6 Å². The molecule has 0 aliphatic carbocycles. The van der Waals surface area contributed by atoms with Crippen LogP contribution in [0.3, 0.4) is 0 Å². The Kier molecular flexibility index (Phi) is 8.17. The van der Waals surface area contributed by atoms with Gasteiger partial charge >= 0.3 is 0 Å². The first-order valence-electron chi connectivity index (χ1n) is 13.1. The van der Waals surface area contributed by atoms with Crippen LogP contribution in [0, 0.1) is 0 Å². The maximum absolute atomic E-state index is 13.3. The third-order valence-corrected chi connectivity index (χ3v) is 12.2. The SMILES string of the molecule is CC1(C)OC[C@@H](C=CCCO[Si](c2ccccc2)(c2ccccc2)C(C)(C)C)N1C(=O)c1ccccc1. The number of hydrogen-bond acceptors (Lipinski definition) is 3. The monoisotopic (exact) mass is 513 g/mol. The fraction of sp³-hybridized carbons (Fsp3) is 0.344. The second-order valence-corrected chi connectivity index (χ2v) is 15.4. The lowest BCUT2D eigenvalue weighted by Gasteiger charge is -2.43. The largest absolute Gasteiger partial charge is 0.407 e. The van der Waals surface area contributed by atoms with Gasteiger partial charge in [-0.25, -0.2) is 0 Å². The second-order valence-electron chi connectivity index (χ2n) is 11.1. The molecule has 0 unspecified atom stereocenters. The molecule has 3 aromatic carbocycles. The Hall–Kier alpha value is -2.99. The fourth-order valence-corrected chi connectivity index (χ4v) is 9.96. The van der Waals surface area contributed by atoms with Crippen molar-refractivity contribution < 1.29 is 14.0 Å². The zero-order valence-electron chi connectivity index (χ0n) is 22.7. The van der Waals surface area contributed by atoms with Crippen LogP contribution in [0.1, 0.15) is 51.4 Å². The zero-order chi connectivity index (χ0) is 26.5. The molecular weight excluding hydrogens is 474 g/mol. The van der Waals surface area contributed by atoms with Crippen molar-refractivity contribution in [2.75, 3.05) is 13.2 Å². The third kappa shape index (κ3) is 5.64. The summed E-state index contributed by atoms with van der Waals surface area (Å²) in [5.74, 6) is -0.0127. The van der Waals surface area contributed by atoms with Crippen molar-refractivity contribution in [3.8, 4) is 0 Å². The van der Waals surface area contributed by atoms with Gasteiger partial charge in [-0.2, -0.15) is 0 Å². The summed E-state index contributed by atoms with van der Waals surface area (Å²) in [5.41, 5.74) is 0.0161. The highest BCUT2D eigenvalue weighted by molar-refractivity contribution is 6.99. The fourth-order valence-electron chi connectivity index (χ4n) is 5.38. The average molecular weight is 514 g/mol. The molecule has 0 N–H and O–H groups in total. The van der Waals surface area contributed by atoms with E-state index < -0.39 is 14.0 Å². The first-order valence-corrected chi connectivity index (χ1v) is 15.0. The van der Waals surface area contributed by atoms with Crippen molar-refractivity contribution in [1.29, 1.82) is 0 Å². The molecule has 1 heterocycles. The van der Waals surface area contributed by atoms with Gasteiger partial charge in [0.2, 0.25) is 0 Å². The molecule has 1 amide bonds. The molecule has 37 heavy (non-hydrogen) atoms. The van der Waals surface area contributed by atoms with Crippen LogP contribution in [0.25, 0.3) is 0 Å². The lowest BCUT2D eigenvalue weighted by atomic mass is 10.1. The maximum Gasteiger partial charge on any atom is 0.261 e. The third-order valence-electron chi connectivity index (χ3n) is 7.14. The molecule has 1 atom stereocenters. The van der Waals surface area contributed by atoms with Gasteiger partial charge in [0, 0.05) is 12.2 Å². The number of rotatable bonds is 8. The van der Waals surface area contributed by atoms with Gasteiger partial charge in [-0.05, 0) is 47.8 Å². The van der Waals surface area contributed by atoms with E-state index in [1.165, 1.54) is 10.4 Å². The van der Waals surface area contributed by atoms with E-state index in [9.17, 15) is 4.79 Å². The van der Waals surface area contributed by atoms with Gasteiger partial charge in [0.25, 0.3) is 14.2 Å². The van der Waals surface area contributed by atoms with E-state index in [0.29, 0.717) is 18.8 Å². The summed E-state index contributed by atoms with van der Waals surface area (Å²) in [5, 5.41) is 2.51. The summed E-state index contributed by atoms with van der Waals surface area (Å²) in [4.78, 5) is 15.2. The Morgan fingerprint density at radius 2 is 1.46 bits per heavy atom. The summed E-state index contributed by atoms with van der Waals surface area (Å²) in [6, 6.07) is 30.7. The van der Waals surface area contributed by atoms with Crippen molar-refractivity contribution in [2.45, 2.75) is 57.8 Å². The summed E-state index contributed by atoms with van der Waals surface area (Å²) in [7, 11) is -2.55. The molecule has 0 aromatic heterocycles. The van der Waals surface area contributed by atoms with Crippen molar-refractivity contribution in [3.63, 3.8) is 0 Å². The predicted molar refractivity (Wildman–Crippen MR) is 154 cm³/mol. The summed E-state index contributed by atoms with van der Waals surface area (Å²) >= 11 is 0. The van der Waals surface area contributed by atoms with Gasteiger partial charge in [0.1, 0.15) is 5.72 Å². The maximum atomic E-state index is 13.3. The Labute approximate surface area is 223 Å². The standard InChI is InChI=1S/C32H39NO3Si/c1-31(2,3)37(28-20-11-7-12-21-28,29-22-13-8-14-23-29)36-24-16-15-19-27-25-35-32(4,5)33(27)30(34)26-17-9-6-10-18-26/h6-15,17-23,27H,16,24-25H2,1-5H3/t27-/m1/s1. The quantitative estimate of drug-likeness (QED) is 0.218. The highest BCUT2D eigenvalue weighted by atomic mass is 28.4. The summed E-state index contributed by atoms with van der Waals surface area (Å²) < 4.78 is 13.0.